The molecule has 94 valence electrons. The number of nitrogens with zero attached hydrogens (tertiary/aromatic N) is 1. The molecule has 1 amide bonds. The summed E-state index contributed by atoms with van der Waals surface area (Å²) in [5.74, 6) is 0.730. The lowest BCUT2D eigenvalue weighted by atomic mass is 10.1. The van der Waals surface area contributed by atoms with Crippen molar-refractivity contribution in [3.63, 3.8) is 0 Å². The number of benzene rings is 1. The van der Waals surface area contributed by atoms with Crippen molar-refractivity contribution in [2.45, 2.75) is 6.92 Å². The first-order valence-electron chi connectivity index (χ1n) is 6.12. The number of hydrogen-bond donors (Lipinski definition) is 0. The zero-order chi connectivity index (χ0) is 12.5. The van der Waals surface area contributed by atoms with Gasteiger partial charge in [-0.1, -0.05) is 18.2 Å². The first-order chi connectivity index (χ1) is 8.77. The van der Waals surface area contributed by atoms with Crippen LogP contribution in [-0.4, -0.2) is 37.1 Å². The summed E-state index contributed by atoms with van der Waals surface area (Å²) in [5, 5.41) is 0.895. The van der Waals surface area contributed by atoms with Crippen LogP contribution < -0.4 is 0 Å². The van der Waals surface area contributed by atoms with Crippen molar-refractivity contribution in [3.8, 4) is 0 Å². The van der Waals surface area contributed by atoms with Crippen LogP contribution in [0.2, 0.25) is 0 Å². The molecule has 0 aliphatic carbocycles. The highest BCUT2D eigenvalue weighted by atomic mass is 16.5. The SMILES string of the molecule is Cc1oc2ccccc2c1C(=O)N1CCOCC1. The van der Waals surface area contributed by atoms with Gasteiger partial charge < -0.3 is 14.1 Å². The Hall–Kier alpha value is -1.81. The lowest BCUT2D eigenvalue weighted by Crippen LogP contribution is -2.40. The number of hydrogen-bond acceptors (Lipinski definition) is 3. The highest BCUT2D eigenvalue weighted by Crippen LogP contribution is 2.26. The van der Waals surface area contributed by atoms with Crippen molar-refractivity contribution < 1.29 is 13.9 Å². The van der Waals surface area contributed by atoms with E-state index < -0.39 is 0 Å². The van der Waals surface area contributed by atoms with Crippen molar-refractivity contribution in [2.75, 3.05) is 26.3 Å². The summed E-state index contributed by atoms with van der Waals surface area (Å²) in [6, 6.07) is 7.65. The molecule has 0 radical (unpaired) electrons. The average molecular weight is 245 g/mol. The molecular weight excluding hydrogens is 230 g/mol. The maximum atomic E-state index is 12.5. The van der Waals surface area contributed by atoms with Gasteiger partial charge in [0.1, 0.15) is 11.3 Å². The Morgan fingerprint density at radius 1 is 1.22 bits per heavy atom. The number of ether oxygens (including phenoxy) is 1. The Labute approximate surface area is 105 Å². The second kappa shape index (κ2) is 4.46. The van der Waals surface area contributed by atoms with Crippen LogP contribution in [0.4, 0.5) is 0 Å². The Kier molecular flexibility index (Phi) is 2.80. The predicted molar refractivity (Wildman–Crippen MR) is 67.7 cm³/mol. The fourth-order valence-corrected chi connectivity index (χ4v) is 2.36. The van der Waals surface area contributed by atoms with Crippen LogP contribution >= 0.6 is 0 Å². The molecule has 0 saturated carbocycles. The molecule has 3 rings (SSSR count). The van der Waals surface area contributed by atoms with Crippen LogP contribution in [0.15, 0.2) is 28.7 Å². The molecule has 1 aromatic heterocycles. The van der Waals surface area contributed by atoms with E-state index >= 15 is 0 Å². The Bertz CT molecular complexity index is 582. The van der Waals surface area contributed by atoms with E-state index in [2.05, 4.69) is 0 Å². The summed E-state index contributed by atoms with van der Waals surface area (Å²) in [4.78, 5) is 14.3. The molecule has 18 heavy (non-hydrogen) atoms. The molecule has 0 N–H and O–H groups in total. The van der Waals surface area contributed by atoms with Gasteiger partial charge in [0.05, 0.1) is 18.8 Å². The van der Waals surface area contributed by atoms with Gasteiger partial charge in [0.2, 0.25) is 0 Å². The molecule has 4 nitrogen and oxygen atoms in total. The van der Waals surface area contributed by atoms with Gasteiger partial charge in [-0.2, -0.15) is 0 Å². The minimum Gasteiger partial charge on any atom is -0.461 e. The number of para-hydroxylation sites is 1. The Morgan fingerprint density at radius 3 is 2.72 bits per heavy atom. The van der Waals surface area contributed by atoms with Gasteiger partial charge in [0.15, 0.2) is 0 Å². The number of morpholine rings is 1. The molecule has 1 aliphatic heterocycles. The highest BCUT2D eigenvalue weighted by Gasteiger charge is 2.24. The fraction of sp³-hybridized carbons (Fsp3) is 0.357. The summed E-state index contributed by atoms with van der Waals surface area (Å²) >= 11 is 0. The lowest BCUT2D eigenvalue weighted by Gasteiger charge is -2.26. The maximum absolute atomic E-state index is 12.5. The molecule has 4 heteroatoms. The number of fused-ring (bicyclic) bond motifs is 1. The van der Waals surface area contributed by atoms with Crippen LogP contribution in [0.25, 0.3) is 11.0 Å². The van der Waals surface area contributed by atoms with Crippen molar-refractivity contribution in [1.29, 1.82) is 0 Å². The summed E-state index contributed by atoms with van der Waals surface area (Å²) in [5.41, 5.74) is 1.46. The number of aryl methyl sites for hydroxylation is 1. The van der Waals surface area contributed by atoms with E-state index in [1.165, 1.54) is 0 Å². The van der Waals surface area contributed by atoms with Crippen molar-refractivity contribution in [3.05, 3.63) is 35.6 Å². The monoisotopic (exact) mass is 245 g/mol. The molecule has 1 saturated heterocycles. The van der Waals surface area contributed by atoms with E-state index in [-0.39, 0.29) is 5.91 Å². The third-order valence-corrected chi connectivity index (χ3v) is 3.28. The Balaban J connectivity index is 2.02. The largest absolute Gasteiger partial charge is 0.461 e. The van der Waals surface area contributed by atoms with Gasteiger partial charge in [-0.05, 0) is 13.0 Å². The number of furan rings is 1. The zero-order valence-corrected chi connectivity index (χ0v) is 10.3. The second-order valence-electron chi connectivity index (χ2n) is 4.43. The van der Waals surface area contributed by atoms with Gasteiger partial charge in [0, 0.05) is 18.5 Å². The molecule has 2 aromatic rings. The molecule has 1 fully saturated rings. The van der Waals surface area contributed by atoms with Crippen molar-refractivity contribution in [1.82, 2.24) is 4.90 Å². The van der Waals surface area contributed by atoms with Gasteiger partial charge in [-0.15, -0.1) is 0 Å². The first kappa shape index (κ1) is 11.3. The van der Waals surface area contributed by atoms with Crippen molar-refractivity contribution in [2.24, 2.45) is 0 Å². The predicted octanol–water partition coefficient (Wildman–Crippen LogP) is 2.21. The van der Waals surface area contributed by atoms with Gasteiger partial charge in [0.25, 0.3) is 5.91 Å². The van der Waals surface area contributed by atoms with Gasteiger partial charge in [-0.25, -0.2) is 0 Å². The first-order valence-corrected chi connectivity index (χ1v) is 6.12. The van der Waals surface area contributed by atoms with E-state index in [0.29, 0.717) is 37.6 Å². The third-order valence-electron chi connectivity index (χ3n) is 3.28. The van der Waals surface area contributed by atoms with E-state index in [9.17, 15) is 4.79 Å². The minimum atomic E-state index is 0.0424. The quantitative estimate of drug-likeness (QED) is 0.773. The molecule has 0 spiro atoms. The zero-order valence-electron chi connectivity index (χ0n) is 10.3. The molecule has 0 unspecified atom stereocenters. The van der Waals surface area contributed by atoms with E-state index in [1.54, 1.807) is 0 Å². The normalized spacial score (nSPS) is 16.2. The van der Waals surface area contributed by atoms with Gasteiger partial charge >= 0.3 is 0 Å². The number of rotatable bonds is 1. The number of carbonyl (C=O) groups is 1. The highest BCUT2D eigenvalue weighted by molar-refractivity contribution is 6.07. The molecular formula is C14H15NO3. The second-order valence-corrected chi connectivity index (χ2v) is 4.43. The Morgan fingerprint density at radius 2 is 1.94 bits per heavy atom. The standard InChI is InChI=1S/C14H15NO3/c1-10-13(11-4-2-3-5-12(11)18-10)14(16)15-6-8-17-9-7-15/h2-5H,6-9H2,1H3. The van der Waals surface area contributed by atoms with E-state index in [1.807, 2.05) is 36.1 Å². The third kappa shape index (κ3) is 1.78. The maximum Gasteiger partial charge on any atom is 0.258 e. The van der Waals surface area contributed by atoms with Crippen LogP contribution in [0.1, 0.15) is 16.1 Å². The topological polar surface area (TPSA) is 42.7 Å². The van der Waals surface area contributed by atoms with E-state index in [0.717, 1.165) is 11.0 Å². The molecule has 2 heterocycles. The van der Waals surface area contributed by atoms with E-state index in [4.69, 9.17) is 9.15 Å². The van der Waals surface area contributed by atoms with Crippen LogP contribution in [0.5, 0.6) is 0 Å². The summed E-state index contributed by atoms with van der Waals surface area (Å²) in [6.07, 6.45) is 0. The van der Waals surface area contributed by atoms with Crippen molar-refractivity contribution >= 4 is 16.9 Å². The summed E-state index contributed by atoms with van der Waals surface area (Å²) < 4.78 is 10.9. The summed E-state index contributed by atoms with van der Waals surface area (Å²) in [6.45, 7) is 4.37. The van der Waals surface area contributed by atoms with Gasteiger partial charge in [-0.3, -0.25) is 4.79 Å². The molecule has 1 aliphatic rings. The smallest absolute Gasteiger partial charge is 0.258 e. The van der Waals surface area contributed by atoms with Crippen LogP contribution in [-0.2, 0) is 4.74 Å². The lowest BCUT2D eigenvalue weighted by molar-refractivity contribution is 0.0303. The van der Waals surface area contributed by atoms with Crippen LogP contribution in [0, 0.1) is 6.92 Å². The molecule has 0 atom stereocenters. The average Bonchev–Trinajstić information content (AvgIpc) is 2.75. The fourth-order valence-electron chi connectivity index (χ4n) is 2.36. The molecule has 0 bridgehead atoms. The number of amides is 1. The molecule has 1 aromatic carbocycles. The van der Waals surface area contributed by atoms with Crippen LogP contribution in [0.3, 0.4) is 0 Å². The summed E-state index contributed by atoms with van der Waals surface area (Å²) in [7, 11) is 0. The minimum absolute atomic E-state index is 0.0424. The number of carbonyl (C=O) groups excluding carboxylic acids is 1.